The maximum Gasteiger partial charge on any atom is 0.223 e. The highest BCUT2D eigenvalue weighted by molar-refractivity contribution is 7.98. The monoisotopic (exact) mass is 232 g/mol. The Morgan fingerprint density at radius 1 is 1.71 bits per heavy atom. The summed E-state index contributed by atoms with van der Waals surface area (Å²) < 4.78 is 0. The Morgan fingerprint density at radius 2 is 2.43 bits per heavy atom. The first kappa shape index (κ1) is 11.8. The fraction of sp³-hybridized carbons (Fsp3) is 0.778. The van der Waals surface area contributed by atoms with E-state index in [1.807, 2.05) is 11.2 Å². The minimum absolute atomic E-state index is 0.0133. The van der Waals surface area contributed by atoms with Gasteiger partial charge >= 0.3 is 0 Å². The van der Waals surface area contributed by atoms with Gasteiger partial charge in [0.25, 0.3) is 0 Å². The summed E-state index contributed by atoms with van der Waals surface area (Å²) in [6.07, 6.45) is 4.55. The maximum absolute atomic E-state index is 11.7. The predicted octanol–water partition coefficient (Wildman–Crippen LogP) is 1.02. The first-order chi connectivity index (χ1) is 6.66. The first-order valence-electron chi connectivity index (χ1n) is 4.74. The number of nitrogens with two attached hydrogens (primary N) is 1. The fourth-order valence-corrected chi connectivity index (χ4v) is 2.32. The van der Waals surface area contributed by atoms with Gasteiger partial charge in [-0.05, 0) is 19.1 Å². The second kappa shape index (κ2) is 5.56. The van der Waals surface area contributed by atoms with E-state index in [2.05, 4.69) is 0 Å². The molecule has 14 heavy (non-hydrogen) atoms. The molecule has 0 aromatic carbocycles. The van der Waals surface area contributed by atoms with Crippen molar-refractivity contribution < 1.29 is 4.79 Å². The van der Waals surface area contributed by atoms with Crippen molar-refractivity contribution in [3.8, 4) is 0 Å². The molecule has 0 aromatic rings. The highest BCUT2D eigenvalue weighted by atomic mass is 32.2. The van der Waals surface area contributed by atoms with Crippen molar-refractivity contribution in [2.24, 2.45) is 5.73 Å². The summed E-state index contributed by atoms with van der Waals surface area (Å²) in [5.41, 5.74) is 5.59. The van der Waals surface area contributed by atoms with Gasteiger partial charge in [-0.15, -0.1) is 0 Å². The normalized spacial score (nSPS) is 21.2. The average Bonchev–Trinajstić information content (AvgIpc) is 2.62. The highest BCUT2D eigenvalue weighted by Gasteiger charge is 2.29. The van der Waals surface area contributed by atoms with Gasteiger partial charge in [-0.25, -0.2) is 0 Å². The highest BCUT2D eigenvalue weighted by Crippen LogP contribution is 2.18. The van der Waals surface area contributed by atoms with Gasteiger partial charge < -0.3 is 10.6 Å². The molecule has 0 aromatic heterocycles. The van der Waals surface area contributed by atoms with Crippen LogP contribution in [0.25, 0.3) is 0 Å². The van der Waals surface area contributed by atoms with Crippen molar-refractivity contribution in [2.75, 3.05) is 18.6 Å². The molecule has 0 aliphatic carbocycles. The summed E-state index contributed by atoms with van der Waals surface area (Å²) in [5.74, 6) is 1.06. The van der Waals surface area contributed by atoms with E-state index < -0.39 is 0 Å². The van der Waals surface area contributed by atoms with Crippen LogP contribution in [0.4, 0.5) is 0 Å². The van der Waals surface area contributed by atoms with Crippen molar-refractivity contribution in [1.29, 1.82) is 0 Å². The molecule has 1 saturated heterocycles. The van der Waals surface area contributed by atoms with Crippen molar-refractivity contribution in [1.82, 2.24) is 4.90 Å². The molecule has 2 N–H and O–H groups in total. The van der Waals surface area contributed by atoms with Gasteiger partial charge in [-0.1, -0.05) is 12.2 Å². The molecule has 1 unspecified atom stereocenters. The largest absolute Gasteiger partial charge is 0.392 e. The second-order valence-corrected chi connectivity index (χ2v) is 4.85. The zero-order valence-corrected chi connectivity index (χ0v) is 10.00. The first-order valence-corrected chi connectivity index (χ1v) is 6.54. The number of rotatable bonds is 4. The van der Waals surface area contributed by atoms with Crippen LogP contribution in [0.1, 0.15) is 19.3 Å². The van der Waals surface area contributed by atoms with Crippen molar-refractivity contribution in [3.05, 3.63) is 0 Å². The summed E-state index contributed by atoms with van der Waals surface area (Å²) in [6.45, 7) is 0.815. The number of nitrogens with zero attached hydrogens (tertiary/aromatic N) is 1. The van der Waals surface area contributed by atoms with Crippen LogP contribution in [-0.2, 0) is 4.79 Å². The molecular weight excluding hydrogens is 216 g/mol. The zero-order chi connectivity index (χ0) is 10.6. The van der Waals surface area contributed by atoms with Crippen LogP contribution in [0.3, 0.4) is 0 Å². The molecule has 0 bridgehead atoms. The summed E-state index contributed by atoms with van der Waals surface area (Å²) in [6, 6.07) is 0.0133. The van der Waals surface area contributed by atoms with E-state index in [4.69, 9.17) is 18.0 Å². The van der Waals surface area contributed by atoms with Crippen LogP contribution < -0.4 is 5.73 Å². The topological polar surface area (TPSA) is 46.3 Å². The third-order valence-corrected chi connectivity index (χ3v) is 3.31. The quantitative estimate of drug-likeness (QED) is 0.735. The van der Waals surface area contributed by atoms with Crippen LogP contribution in [0, 0.1) is 0 Å². The Labute approximate surface area is 94.4 Å². The minimum Gasteiger partial charge on any atom is -0.392 e. The number of thiocarbonyl (C=S) groups is 1. The third-order valence-electron chi connectivity index (χ3n) is 2.42. The molecule has 3 nitrogen and oxygen atoms in total. The lowest BCUT2D eigenvalue weighted by Crippen LogP contribution is -2.42. The predicted molar refractivity (Wildman–Crippen MR) is 64.5 cm³/mol. The average molecular weight is 232 g/mol. The Balaban J connectivity index is 2.49. The number of likely N-dealkylation sites (tertiary alicyclic amines) is 1. The number of thioether (sulfide) groups is 1. The molecule has 0 saturated carbocycles. The summed E-state index contributed by atoms with van der Waals surface area (Å²) in [4.78, 5) is 14.0. The molecule has 5 heteroatoms. The standard InChI is InChI=1S/C9H16N2OS2/c1-14-6-4-8(12)11-5-2-3-7(11)9(10)13/h7H,2-6H2,1H3,(H2,10,13). The Morgan fingerprint density at radius 3 is 3.00 bits per heavy atom. The van der Waals surface area contributed by atoms with Gasteiger partial charge in [0.05, 0.1) is 11.0 Å². The fourth-order valence-electron chi connectivity index (χ4n) is 1.69. The van der Waals surface area contributed by atoms with Crippen molar-refractivity contribution in [3.63, 3.8) is 0 Å². The van der Waals surface area contributed by atoms with E-state index in [1.165, 1.54) is 0 Å². The van der Waals surface area contributed by atoms with E-state index in [0.717, 1.165) is 25.1 Å². The molecule has 1 rings (SSSR count). The Bertz CT molecular complexity index is 233. The van der Waals surface area contributed by atoms with Crippen LogP contribution in [0.2, 0.25) is 0 Å². The summed E-state index contributed by atoms with van der Waals surface area (Å²) in [5, 5.41) is 0. The lowest BCUT2D eigenvalue weighted by Gasteiger charge is -2.23. The molecule has 1 aliphatic rings. The van der Waals surface area contributed by atoms with Crippen LogP contribution in [0.5, 0.6) is 0 Å². The Kier molecular flexibility index (Phi) is 4.68. The molecule has 1 atom stereocenters. The van der Waals surface area contributed by atoms with Gasteiger partial charge in [0.15, 0.2) is 0 Å². The molecule has 1 fully saturated rings. The molecule has 0 spiro atoms. The van der Waals surface area contributed by atoms with E-state index >= 15 is 0 Å². The number of carbonyl (C=O) groups excluding carboxylic acids is 1. The van der Waals surface area contributed by atoms with Gasteiger partial charge in [-0.3, -0.25) is 4.79 Å². The van der Waals surface area contributed by atoms with E-state index in [1.54, 1.807) is 11.8 Å². The van der Waals surface area contributed by atoms with Gasteiger partial charge in [-0.2, -0.15) is 11.8 Å². The smallest absolute Gasteiger partial charge is 0.223 e. The molecule has 1 heterocycles. The molecule has 0 radical (unpaired) electrons. The molecule has 1 amide bonds. The summed E-state index contributed by atoms with van der Waals surface area (Å²) >= 11 is 6.63. The SMILES string of the molecule is CSCCC(=O)N1CCCC1C(N)=S. The Hall–Kier alpha value is -0.290. The van der Waals surface area contributed by atoms with E-state index in [9.17, 15) is 4.79 Å². The van der Waals surface area contributed by atoms with Crippen molar-refractivity contribution in [2.45, 2.75) is 25.3 Å². The number of hydrogen-bond donors (Lipinski definition) is 1. The van der Waals surface area contributed by atoms with E-state index in [0.29, 0.717) is 11.4 Å². The number of hydrogen-bond acceptors (Lipinski definition) is 3. The lowest BCUT2D eigenvalue weighted by atomic mass is 10.2. The van der Waals surface area contributed by atoms with Gasteiger partial charge in [0.1, 0.15) is 0 Å². The minimum atomic E-state index is 0.0133. The van der Waals surface area contributed by atoms with Crippen molar-refractivity contribution >= 4 is 34.9 Å². The van der Waals surface area contributed by atoms with Gasteiger partial charge in [0.2, 0.25) is 5.91 Å². The van der Waals surface area contributed by atoms with Crippen LogP contribution in [-0.4, -0.2) is 40.4 Å². The number of amides is 1. The third kappa shape index (κ3) is 2.85. The zero-order valence-electron chi connectivity index (χ0n) is 8.36. The van der Waals surface area contributed by atoms with Crippen LogP contribution in [0.15, 0.2) is 0 Å². The van der Waals surface area contributed by atoms with E-state index in [-0.39, 0.29) is 11.9 Å². The molecular formula is C9H16N2OS2. The molecule has 1 aliphatic heterocycles. The second-order valence-electron chi connectivity index (χ2n) is 3.39. The lowest BCUT2D eigenvalue weighted by molar-refractivity contribution is -0.130. The summed E-state index contributed by atoms with van der Waals surface area (Å²) in [7, 11) is 0. The maximum atomic E-state index is 11.7. The van der Waals surface area contributed by atoms with Gasteiger partial charge in [0, 0.05) is 18.7 Å². The van der Waals surface area contributed by atoms with Crippen LogP contribution >= 0.6 is 24.0 Å². The molecule has 80 valence electrons. The number of carbonyl (C=O) groups is 1.